The molecule has 0 spiro atoms. The van der Waals surface area contributed by atoms with Gasteiger partial charge in [0, 0.05) is 0 Å². The Kier molecular flexibility index (Phi) is 4.79. The van der Waals surface area contributed by atoms with Crippen LogP contribution < -0.4 is 10.2 Å². The smallest absolute Gasteiger partial charge is 0.307 e. The van der Waals surface area contributed by atoms with Gasteiger partial charge >= 0.3 is 5.91 Å². The average Bonchev–Trinajstić information content (AvgIpc) is 3.33. The Balaban J connectivity index is 1.77. The van der Waals surface area contributed by atoms with Crippen molar-refractivity contribution >= 4 is 17.8 Å². The van der Waals surface area contributed by atoms with E-state index in [1.165, 1.54) is 37.8 Å². The lowest BCUT2D eigenvalue weighted by molar-refractivity contribution is -0.384. The number of hydrazone groups is 1. The molecule has 0 aliphatic carbocycles. The maximum Gasteiger partial charge on any atom is 0.307 e. The first-order valence-corrected chi connectivity index (χ1v) is 7.38. The highest BCUT2D eigenvalue weighted by Gasteiger charge is 2.19. The molecule has 132 valence electrons. The van der Waals surface area contributed by atoms with Crippen LogP contribution in [-0.2, 0) is 0 Å². The van der Waals surface area contributed by atoms with Crippen LogP contribution in [0.2, 0.25) is 0 Å². The topological polar surface area (TPSA) is 120 Å². The van der Waals surface area contributed by atoms with Crippen LogP contribution in [0.4, 0.5) is 5.69 Å². The van der Waals surface area contributed by atoms with Crippen LogP contribution in [0, 0.1) is 10.1 Å². The van der Waals surface area contributed by atoms with Gasteiger partial charge in [-0.2, -0.15) is 5.10 Å². The molecule has 3 aromatic rings. The Bertz CT molecular complexity index is 959. The highest BCUT2D eigenvalue weighted by Crippen LogP contribution is 2.33. The van der Waals surface area contributed by atoms with Gasteiger partial charge in [0.05, 0.1) is 36.1 Å². The van der Waals surface area contributed by atoms with E-state index in [2.05, 4.69) is 10.5 Å². The minimum atomic E-state index is -0.516. The van der Waals surface area contributed by atoms with Crippen LogP contribution in [0.3, 0.4) is 0 Å². The van der Waals surface area contributed by atoms with E-state index in [9.17, 15) is 14.9 Å². The molecule has 0 atom stereocenters. The molecule has 2 aromatic heterocycles. The molecule has 1 aromatic carbocycles. The van der Waals surface area contributed by atoms with Gasteiger partial charge in [-0.25, -0.2) is 5.43 Å². The summed E-state index contributed by atoms with van der Waals surface area (Å²) in [6.45, 7) is 0. The van der Waals surface area contributed by atoms with E-state index >= 15 is 0 Å². The Morgan fingerprint density at radius 2 is 2.15 bits per heavy atom. The first-order valence-electron chi connectivity index (χ1n) is 7.38. The number of hydrogen-bond acceptors (Lipinski definition) is 7. The number of ether oxygens (including phenoxy) is 1. The van der Waals surface area contributed by atoms with E-state index in [1.54, 1.807) is 24.3 Å². The van der Waals surface area contributed by atoms with Gasteiger partial charge in [-0.15, -0.1) is 0 Å². The molecule has 0 saturated carbocycles. The summed E-state index contributed by atoms with van der Waals surface area (Å²) < 4.78 is 15.5. The molecule has 0 aliphatic heterocycles. The summed E-state index contributed by atoms with van der Waals surface area (Å²) in [7, 11) is 1.43. The van der Waals surface area contributed by atoms with Crippen molar-refractivity contribution in [2.45, 2.75) is 0 Å². The number of nitrogens with one attached hydrogen (secondary N) is 1. The summed E-state index contributed by atoms with van der Waals surface area (Å²) in [4.78, 5) is 22.4. The fraction of sp³-hybridized carbons (Fsp3) is 0.0588. The van der Waals surface area contributed by atoms with E-state index in [0.29, 0.717) is 17.1 Å². The number of rotatable bonds is 6. The third-order valence-electron chi connectivity index (χ3n) is 3.40. The zero-order valence-electron chi connectivity index (χ0n) is 13.5. The number of nitro groups is 1. The van der Waals surface area contributed by atoms with Gasteiger partial charge in [-0.1, -0.05) is 0 Å². The third-order valence-corrected chi connectivity index (χ3v) is 3.40. The van der Waals surface area contributed by atoms with E-state index in [1.807, 2.05) is 0 Å². The van der Waals surface area contributed by atoms with Gasteiger partial charge in [0.2, 0.25) is 0 Å². The second-order valence-electron chi connectivity index (χ2n) is 5.02. The van der Waals surface area contributed by atoms with Crippen molar-refractivity contribution in [3.8, 4) is 17.1 Å². The van der Waals surface area contributed by atoms with Gasteiger partial charge in [-0.05, 0) is 36.4 Å². The fourth-order valence-corrected chi connectivity index (χ4v) is 2.18. The van der Waals surface area contributed by atoms with E-state index in [-0.39, 0.29) is 17.2 Å². The summed E-state index contributed by atoms with van der Waals surface area (Å²) in [5, 5.41) is 15.0. The first-order chi connectivity index (χ1) is 12.6. The van der Waals surface area contributed by atoms with Crippen LogP contribution in [0.5, 0.6) is 5.75 Å². The molecule has 0 radical (unpaired) electrons. The van der Waals surface area contributed by atoms with Gasteiger partial charge in [0.25, 0.3) is 5.69 Å². The lowest BCUT2D eigenvalue weighted by Crippen LogP contribution is -2.16. The van der Waals surface area contributed by atoms with Gasteiger partial charge < -0.3 is 13.6 Å². The Hall–Kier alpha value is -3.88. The highest BCUT2D eigenvalue weighted by molar-refractivity contribution is 5.92. The molecule has 0 unspecified atom stereocenters. The Labute approximate surface area is 147 Å². The second-order valence-corrected chi connectivity index (χ2v) is 5.02. The minimum Gasteiger partial charge on any atom is -0.497 e. The molecule has 0 aliphatic rings. The molecule has 0 saturated heterocycles. The lowest BCUT2D eigenvalue weighted by atomic mass is 10.1. The summed E-state index contributed by atoms with van der Waals surface area (Å²) in [5.41, 5.74) is 2.44. The number of methoxy groups -OCH3 is 1. The van der Waals surface area contributed by atoms with Crippen LogP contribution >= 0.6 is 0 Å². The molecule has 9 heteroatoms. The number of benzene rings is 1. The van der Waals surface area contributed by atoms with Crippen LogP contribution in [-0.4, -0.2) is 24.2 Å². The predicted molar refractivity (Wildman–Crippen MR) is 91.1 cm³/mol. The first kappa shape index (κ1) is 17.0. The summed E-state index contributed by atoms with van der Waals surface area (Å²) in [6, 6.07) is 10.7. The highest BCUT2D eigenvalue weighted by atomic mass is 16.6. The number of carbonyl (C=O) groups is 1. The molecule has 0 fully saturated rings. The normalized spacial score (nSPS) is 10.8. The molecular formula is C17H13N3O6. The molecule has 1 N–H and O–H groups in total. The number of amides is 1. The predicted octanol–water partition coefficient (Wildman–Crippen LogP) is 3.22. The number of carbonyl (C=O) groups excluding carboxylic acids is 1. The largest absolute Gasteiger partial charge is 0.497 e. The van der Waals surface area contributed by atoms with Crippen LogP contribution in [0.1, 0.15) is 16.3 Å². The standard InChI is InChI=1S/C17H13N3O6/c1-24-11-4-6-13(14(9-11)20(22)23)15-7-5-12(26-15)10-18-19-17(21)16-3-2-8-25-16/h2-10H,1H3,(H,19,21). The van der Waals surface area contributed by atoms with Crippen molar-refractivity contribution in [1.82, 2.24) is 5.43 Å². The van der Waals surface area contributed by atoms with Gasteiger partial charge in [0.15, 0.2) is 5.76 Å². The lowest BCUT2D eigenvalue weighted by Gasteiger charge is -2.03. The SMILES string of the molecule is COc1ccc(-c2ccc(C=NNC(=O)c3ccco3)o2)c([N+](=O)[O-])c1. The Morgan fingerprint density at radius 1 is 1.31 bits per heavy atom. The minimum absolute atomic E-state index is 0.121. The molecule has 0 bridgehead atoms. The number of furan rings is 2. The molecule has 9 nitrogen and oxygen atoms in total. The quantitative estimate of drug-likeness (QED) is 0.412. The maximum atomic E-state index is 11.7. The van der Waals surface area contributed by atoms with Crippen molar-refractivity contribution in [2.75, 3.05) is 7.11 Å². The van der Waals surface area contributed by atoms with E-state index in [4.69, 9.17) is 13.6 Å². The monoisotopic (exact) mass is 355 g/mol. The summed E-state index contributed by atoms with van der Waals surface area (Å²) in [5.74, 6) is 0.581. The summed E-state index contributed by atoms with van der Waals surface area (Å²) >= 11 is 0. The molecule has 3 rings (SSSR count). The van der Waals surface area contributed by atoms with Crippen molar-refractivity contribution in [2.24, 2.45) is 5.10 Å². The van der Waals surface area contributed by atoms with Crippen LogP contribution in [0.25, 0.3) is 11.3 Å². The van der Waals surface area contributed by atoms with E-state index < -0.39 is 10.8 Å². The third kappa shape index (κ3) is 3.61. The molecule has 26 heavy (non-hydrogen) atoms. The van der Waals surface area contributed by atoms with Gasteiger partial charge in [0.1, 0.15) is 17.3 Å². The number of hydrogen-bond donors (Lipinski definition) is 1. The van der Waals surface area contributed by atoms with E-state index in [0.717, 1.165) is 0 Å². The average molecular weight is 355 g/mol. The van der Waals surface area contributed by atoms with Crippen molar-refractivity contribution < 1.29 is 23.3 Å². The van der Waals surface area contributed by atoms with Gasteiger partial charge in [-0.3, -0.25) is 14.9 Å². The Morgan fingerprint density at radius 3 is 2.85 bits per heavy atom. The zero-order valence-corrected chi connectivity index (χ0v) is 13.5. The molecule has 2 heterocycles. The van der Waals surface area contributed by atoms with Crippen molar-refractivity contribution in [3.05, 3.63) is 70.4 Å². The van der Waals surface area contributed by atoms with Crippen molar-refractivity contribution in [1.29, 1.82) is 0 Å². The number of nitrogens with zero attached hydrogens (tertiary/aromatic N) is 2. The zero-order chi connectivity index (χ0) is 18.5. The van der Waals surface area contributed by atoms with Crippen LogP contribution in [0.15, 0.2) is 62.7 Å². The molecule has 1 amide bonds. The fourth-order valence-electron chi connectivity index (χ4n) is 2.18. The second kappa shape index (κ2) is 7.34. The summed E-state index contributed by atoms with van der Waals surface area (Å²) in [6.07, 6.45) is 2.65. The molecular weight excluding hydrogens is 342 g/mol. The maximum absolute atomic E-state index is 11.7. The number of nitro benzene ring substituents is 1. The van der Waals surface area contributed by atoms with Crippen molar-refractivity contribution in [3.63, 3.8) is 0 Å².